The van der Waals surface area contributed by atoms with Crippen molar-refractivity contribution in [3.05, 3.63) is 118 Å². The molecule has 0 bridgehead atoms. The van der Waals surface area contributed by atoms with Crippen LogP contribution in [0.2, 0.25) is 0 Å². The Bertz CT molecular complexity index is 1860. The van der Waals surface area contributed by atoms with Crippen LogP contribution in [0.3, 0.4) is 0 Å². The second-order valence-electron chi connectivity index (χ2n) is 18.0. The first kappa shape index (κ1) is 31.4. The maximum absolute atomic E-state index is 7.03. The van der Waals surface area contributed by atoms with Gasteiger partial charge in [-0.15, -0.1) is 0 Å². The molecule has 1 aromatic heterocycles. The quantitative estimate of drug-likeness (QED) is 0.297. The van der Waals surface area contributed by atoms with E-state index in [-0.39, 0.29) is 17.6 Å². The Kier molecular flexibility index (Phi) is 7.70. The van der Waals surface area contributed by atoms with E-state index >= 15 is 0 Å². The summed E-state index contributed by atoms with van der Waals surface area (Å²) in [6, 6.07) is 0. The molecule has 0 amide bonds. The van der Waals surface area contributed by atoms with Gasteiger partial charge in [0.25, 0.3) is 0 Å². The van der Waals surface area contributed by atoms with E-state index in [2.05, 4.69) is 85.1 Å². The zero-order valence-electron chi connectivity index (χ0n) is 30.5. The number of hydrogen-bond donors (Lipinski definition) is 0. The van der Waals surface area contributed by atoms with Gasteiger partial charge in [-0.2, -0.15) is 0 Å². The Labute approximate surface area is 305 Å². The molecule has 1 aliphatic heterocycles. The summed E-state index contributed by atoms with van der Waals surface area (Å²) in [6.07, 6.45) is 55.9. The van der Waals surface area contributed by atoms with Crippen molar-refractivity contribution in [3.63, 3.8) is 0 Å². The zero-order chi connectivity index (χ0) is 33.5. The van der Waals surface area contributed by atoms with Gasteiger partial charge in [-0.05, 0) is 143 Å². The molecule has 1 saturated carbocycles. The summed E-state index contributed by atoms with van der Waals surface area (Å²) in [5.74, 6) is 7.15. The van der Waals surface area contributed by atoms with Crippen LogP contribution in [0.5, 0.6) is 0 Å². The van der Waals surface area contributed by atoms with Crippen LogP contribution in [0, 0.1) is 52.8 Å². The summed E-state index contributed by atoms with van der Waals surface area (Å²) in [6.45, 7) is 0. The minimum absolute atomic E-state index is 0.204. The predicted octanol–water partition coefficient (Wildman–Crippen LogP) is 12.0. The van der Waals surface area contributed by atoms with E-state index in [1.54, 1.807) is 11.1 Å². The van der Waals surface area contributed by atoms with Gasteiger partial charge in [0.2, 0.25) is 0 Å². The zero-order valence-corrected chi connectivity index (χ0v) is 30.5. The molecular formula is C49H56O2. The minimum Gasteiger partial charge on any atom is -0.461 e. The van der Waals surface area contributed by atoms with Gasteiger partial charge >= 0.3 is 0 Å². The van der Waals surface area contributed by atoms with E-state index in [1.165, 1.54) is 100 Å². The Hall–Kier alpha value is -3.10. The molecule has 1 aromatic rings. The van der Waals surface area contributed by atoms with Gasteiger partial charge in [-0.1, -0.05) is 101 Å². The van der Waals surface area contributed by atoms with Gasteiger partial charge in [0.1, 0.15) is 11.5 Å². The summed E-state index contributed by atoms with van der Waals surface area (Å²) >= 11 is 0. The van der Waals surface area contributed by atoms with Gasteiger partial charge in [0.15, 0.2) is 0 Å². The Morgan fingerprint density at radius 2 is 1.67 bits per heavy atom. The first-order valence-electron chi connectivity index (χ1n) is 21.2. The third-order valence-electron chi connectivity index (χ3n) is 15.8. The summed E-state index contributed by atoms with van der Waals surface area (Å²) < 4.78 is 13.7. The molecule has 2 heterocycles. The molecule has 264 valence electrons. The van der Waals surface area contributed by atoms with Crippen molar-refractivity contribution in [2.24, 2.45) is 52.8 Å². The van der Waals surface area contributed by atoms with Crippen molar-refractivity contribution in [3.8, 4) is 0 Å². The average molecular weight is 677 g/mol. The Balaban J connectivity index is 1.03. The second-order valence-corrected chi connectivity index (χ2v) is 18.0. The van der Waals surface area contributed by atoms with Gasteiger partial charge < -0.3 is 9.15 Å². The summed E-state index contributed by atoms with van der Waals surface area (Å²) in [7, 11) is 0. The number of rotatable bonds is 3. The summed E-state index contributed by atoms with van der Waals surface area (Å²) in [5, 5.41) is 0. The fourth-order valence-corrected chi connectivity index (χ4v) is 14.0. The highest BCUT2D eigenvalue weighted by atomic mass is 16.5. The van der Waals surface area contributed by atoms with Gasteiger partial charge in [-0.25, -0.2) is 0 Å². The van der Waals surface area contributed by atoms with Crippen molar-refractivity contribution in [1.82, 2.24) is 0 Å². The van der Waals surface area contributed by atoms with E-state index in [0.29, 0.717) is 35.5 Å². The lowest BCUT2D eigenvalue weighted by Gasteiger charge is -2.60. The molecule has 1 spiro atoms. The van der Waals surface area contributed by atoms with Crippen molar-refractivity contribution in [1.29, 1.82) is 0 Å². The average Bonchev–Trinajstić information content (AvgIpc) is 3.71. The lowest BCUT2D eigenvalue weighted by Crippen LogP contribution is -2.59. The SMILES string of the molecule is C1=CC2OC3C=CCCC3C3(C2C=C1)C1C=CC(/C(=C/C2=CCCCC2)C2C=Cc4c(oc5c4CCC=C5)C2)CC1C1C2=C(CCCC2)CCC13. The molecule has 11 unspecified atom stereocenters. The first-order valence-corrected chi connectivity index (χ1v) is 21.2. The number of allylic oxidation sites excluding steroid dienone is 13. The fraction of sp³-hybridized carbons (Fsp3) is 0.551. The summed E-state index contributed by atoms with van der Waals surface area (Å²) in [5.41, 5.74) is 10.2. The van der Waals surface area contributed by atoms with Crippen molar-refractivity contribution >= 4 is 12.2 Å². The molecule has 51 heavy (non-hydrogen) atoms. The van der Waals surface area contributed by atoms with E-state index < -0.39 is 0 Å². The van der Waals surface area contributed by atoms with Crippen LogP contribution in [-0.4, -0.2) is 12.2 Å². The molecule has 11 atom stereocenters. The van der Waals surface area contributed by atoms with Crippen LogP contribution < -0.4 is 0 Å². The third kappa shape index (κ3) is 4.83. The fourth-order valence-electron chi connectivity index (χ4n) is 14.0. The lowest BCUT2D eigenvalue weighted by molar-refractivity contribution is -0.176. The van der Waals surface area contributed by atoms with Gasteiger partial charge in [-0.3, -0.25) is 0 Å². The molecule has 0 N–H and O–H groups in total. The molecule has 10 aliphatic rings. The molecule has 2 fully saturated rings. The molecule has 9 aliphatic carbocycles. The lowest BCUT2D eigenvalue weighted by atomic mass is 9.48. The number of fused-ring (bicyclic) bond motifs is 13. The van der Waals surface area contributed by atoms with Crippen LogP contribution in [0.1, 0.15) is 113 Å². The van der Waals surface area contributed by atoms with Crippen LogP contribution in [0.4, 0.5) is 0 Å². The van der Waals surface area contributed by atoms with E-state index in [4.69, 9.17) is 9.15 Å². The summed E-state index contributed by atoms with van der Waals surface area (Å²) in [4.78, 5) is 0. The number of ether oxygens (including phenoxy) is 1. The van der Waals surface area contributed by atoms with Gasteiger partial charge in [0, 0.05) is 29.4 Å². The maximum Gasteiger partial charge on any atom is 0.130 e. The predicted molar refractivity (Wildman–Crippen MR) is 208 cm³/mol. The third-order valence-corrected chi connectivity index (χ3v) is 15.8. The van der Waals surface area contributed by atoms with E-state index in [0.717, 1.165) is 36.9 Å². The van der Waals surface area contributed by atoms with Crippen molar-refractivity contribution < 1.29 is 9.15 Å². The highest BCUT2D eigenvalue weighted by Crippen LogP contribution is 2.73. The number of hydrogen-bond acceptors (Lipinski definition) is 2. The molecule has 0 radical (unpaired) electrons. The van der Waals surface area contributed by atoms with E-state index in [9.17, 15) is 0 Å². The number of furan rings is 1. The molecule has 1 saturated heterocycles. The standard InChI is InChI=1S/C49H56O2/c1-2-12-31(13-3-1)28-38(34-22-25-37-36-16-6-9-19-44(36)50-47(37)30-34)33-24-26-40-39(29-33)48-35-15-5-4-14-32(35)23-27-43(48)49(40)41-17-7-10-20-45(41)51-46-21-11-8-18-42(46)49/h7,9-12,17,19-22,24-26,28,33-34,39-43,45-46,48H,1-6,8,13-16,18,23,27,29-30H2/b38-28-. The smallest absolute Gasteiger partial charge is 0.130 e. The minimum atomic E-state index is 0.204. The van der Waals surface area contributed by atoms with Crippen LogP contribution >= 0.6 is 0 Å². The highest BCUT2D eigenvalue weighted by Gasteiger charge is 2.69. The van der Waals surface area contributed by atoms with Crippen LogP contribution in [0.25, 0.3) is 12.2 Å². The normalized spacial score (nSPS) is 41.7. The van der Waals surface area contributed by atoms with E-state index in [1.807, 2.05) is 11.1 Å². The molecule has 11 rings (SSSR count). The Morgan fingerprint density at radius 1 is 0.725 bits per heavy atom. The Morgan fingerprint density at radius 3 is 2.63 bits per heavy atom. The topological polar surface area (TPSA) is 22.4 Å². The largest absolute Gasteiger partial charge is 0.461 e. The molecule has 2 nitrogen and oxygen atoms in total. The van der Waals surface area contributed by atoms with Crippen molar-refractivity contribution in [2.45, 2.75) is 115 Å². The highest BCUT2D eigenvalue weighted by molar-refractivity contribution is 5.66. The first-order chi connectivity index (χ1) is 25.3. The van der Waals surface area contributed by atoms with Crippen LogP contribution in [-0.2, 0) is 17.6 Å². The molecule has 2 heteroatoms. The molecular weight excluding hydrogens is 621 g/mol. The van der Waals surface area contributed by atoms with Gasteiger partial charge in [0.05, 0.1) is 12.2 Å². The van der Waals surface area contributed by atoms with Crippen LogP contribution in [0.15, 0.2) is 99.6 Å². The molecule has 0 aromatic carbocycles. The maximum atomic E-state index is 7.03. The van der Waals surface area contributed by atoms with Crippen molar-refractivity contribution in [2.75, 3.05) is 0 Å². The monoisotopic (exact) mass is 676 g/mol. The second kappa shape index (κ2) is 12.5.